The molecular formula is C13H12F2N2. The smallest absolute Gasteiger partial charge is 0.130 e. The van der Waals surface area contributed by atoms with Gasteiger partial charge in [-0.25, -0.2) is 8.78 Å². The summed E-state index contributed by atoms with van der Waals surface area (Å²) in [6, 6.07) is 9.19. The molecule has 0 aliphatic heterocycles. The van der Waals surface area contributed by atoms with Crippen molar-refractivity contribution in [2.45, 2.75) is 13.1 Å². The summed E-state index contributed by atoms with van der Waals surface area (Å²) in [5.74, 6) is -1.09. The van der Waals surface area contributed by atoms with Crippen molar-refractivity contribution in [1.29, 1.82) is 0 Å². The van der Waals surface area contributed by atoms with Crippen LogP contribution in [0.1, 0.15) is 11.3 Å². The van der Waals surface area contributed by atoms with E-state index in [1.807, 2.05) is 18.2 Å². The molecular weight excluding hydrogens is 222 g/mol. The van der Waals surface area contributed by atoms with E-state index in [0.717, 1.165) is 11.8 Å². The highest BCUT2D eigenvalue weighted by Gasteiger charge is 2.03. The molecule has 0 aliphatic carbocycles. The summed E-state index contributed by atoms with van der Waals surface area (Å²) >= 11 is 0. The predicted molar refractivity (Wildman–Crippen MR) is 61.1 cm³/mol. The van der Waals surface area contributed by atoms with Gasteiger partial charge in [0.25, 0.3) is 0 Å². The normalized spacial score (nSPS) is 10.5. The Hall–Kier alpha value is -1.81. The molecule has 4 heteroatoms. The molecule has 0 fully saturated rings. The molecule has 17 heavy (non-hydrogen) atoms. The van der Waals surface area contributed by atoms with Gasteiger partial charge in [-0.15, -0.1) is 0 Å². The van der Waals surface area contributed by atoms with E-state index >= 15 is 0 Å². The molecule has 0 bridgehead atoms. The minimum Gasteiger partial charge on any atom is -0.307 e. The Morgan fingerprint density at radius 1 is 1.06 bits per heavy atom. The highest BCUT2D eigenvalue weighted by Crippen LogP contribution is 2.09. The molecule has 0 spiro atoms. The summed E-state index contributed by atoms with van der Waals surface area (Å²) in [4.78, 5) is 4.13. The van der Waals surface area contributed by atoms with Crippen LogP contribution in [0.15, 0.2) is 42.6 Å². The second-order valence-corrected chi connectivity index (χ2v) is 3.66. The molecule has 0 amide bonds. The number of hydrogen-bond donors (Lipinski definition) is 1. The fourth-order valence-corrected chi connectivity index (χ4v) is 1.49. The fourth-order valence-electron chi connectivity index (χ4n) is 1.49. The zero-order chi connectivity index (χ0) is 12.1. The van der Waals surface area contributed by atoms with Crippen molar-refractivity contribution < 1.29 is 8.78 Å². The Kier molecular flexibility index (Phi) is 3.77. The first-order valence-electron chi connectivity index (χ1n) is 5.30. The van der Waals surface area contributed by atoms with Gasteiger partial charge in [0.05, 0.1) is 5.69 Å². The lowest BCUT2D eigenvalue weighted by Crippen LogP contribution is -2.14. The summed E-state index contributed by atoms with van der Waals surface area (Å²) < 4.78 is 25.9. The maximum atomic E-state index is 13.3. The minimum absolute atomic E-state index is 0.350. The molecule has 1 N–H and O–H groups in total. The summed E-state index contributed by atoms with van der Waals surface area (Å²) in [6.45, 7) is 0.903. The van der Waals surface area contributed by atoms with Crippen LogP contribution in [0, 0.1) is 11.6 Å². The standard InChI is InChI=1S/C13H12F2N2/c14-11-5-4-10(13(15)7-11)8-16-9-12-3-1-2-6-17-12/h1-7,16H,8-9H2. The zero-order valence-electron chi connectivity index (χ0n) is 9.16. The number of halogens is 2. The molecule has 0 atom stereocenters. The van der Waals surface area contributed by atoms with Crippen molar-refractivity contribution >= 4 is 0 Å². The van der Waals surface area contributed by atoms with E-state index < -0.39 is 11.6 Å². The van der Waals surface area contributed by atoms with Gasteiger partial charge < -0.3 is 5.32 Å². The predicted octanol–water partition coefficient (Wildman–Crippen LogP) is 2.65. The Morgan fingerprint density at radius 2 is 1.94 bits per heavy atom. The van der Waals surface area contributed by atoms with Crippen LogP contribution in [-0.2, 0) is 13.1 Å². The van der Waals surface area contributed by atoms with E-state index in [1.165, 1.54) is 12.1 Å². The number of nitrogens with zero attached hydrogens (tertiary/aromatic N) is 1. The third kappa shape index (κ3) is 3.32. The highest BCUT2D eigenvalue weighted by molar-refractivity contribution is 5.18. The van der Waals surface area contributed by atoms with E-state index in [1.54, 1.807) is 6.20 Å². The molecule has 2 rings (SSSR count). The first kappa shape index (κ1) is 11.7. The molecule has 0 unspecified atom stereocenters. The van der Waals surface area contributed by atoms with Gasteiger partial charge in [-0.1, -0.05) is 12.1 Å². The largest absolute Gasteiger partial charge is 0.307 e. The monoisotopic (exact) mass is 234 g/mol. The number of benzene rings is 1. The van der Waals surface area contributed by atoms with Crippen LogP contribution in [0.3, 0.4) is 0 Å². The number of aromatic nitrogens is 1. The van der Waals surface area contributed by atoms with Crippen LogP contribution < -0.4 is 5.32 Å². The molecule has 1 heterocycles. The first-order chi connectivity index (χ1) is 8.25. The third-order valence-electron chi connectivity index (χ3n) is 2.36. The molecule has 0 saturated carbocycles. The molecule has 88 valence electrons. The van der Waals surface area contributed by atoms with Crippen LogP contribution >= 0.6 is 0 Å². The van der Waals surface area contributed by atoms with Gasteiger partial charge in [0.2, 0.25) is 0 Å². The number of pyridine rings is 1. The Morgan fingerprint density at radius 3 is 2.65 bits per heavy atom. The summed E-state index contributed by atoms with van der Waals surface area (Å²) in [5.41, 5.74) is 1.33. The fraction of sp³-hybridized carbons (Fsp3) is 0.154. The average Bonchev–Trinajstić information content (AvgIpc) is 2.33. The van der Waals surface area contributed by atoms with Crippen molar-refractivity contribution in [2.75, 3.05) is 0 Å². The quantitative estimate of drug-likeness (QED) is 0.879. The average molecular weight is 234 g/mol. The van der Waals surface area contributed by atoms with Crippen LogP contribution in [0.2, 0.25) is 0 Å². The Bertz CT molecular complexity index is 486. The minimum atomic E-state index is -0.559. The molecule has 0 aliphatic rings. The van der Waals surface area contributed by atoms with Gasteiger partial charge >= 0.3 is 0 Å². The zero-order valence-corrected chi connectivity index (χ0v) is 9.16. The molecule has 1 aromatic heterocycles. The van der Waals surface area contributed by atoms with Crippen molar-refractivity contribution in [1.82, 2.24) is 10.3 Å². The van der Waals surface area contributed by atoms with Crippen molar-refractivity contribution in [3.8, 4) is 0 Å². The van der Waals surface area contributed by atoms with Crippen LogP contribution in [0.5, 0.6) is 0 Å². The Balaban J connectivity index is 1.90. The second-order valence-electron chi connectivity index (χ2n) is 3.66. The van der Waals surface area contributed by atoms with Gasteiger partial charge in [-0.05, 0) is 18.2 Å². The summed E-state index contributed by atoms with van der Waals surface area (Å²) in [6.07, 6.45) is 1.70. The van der Waals surface area contributed by atoms with Crippen molar-refractivity contribution in [3.05, 3.63) is 65.5 Å². The maximum absolute atomic E-state index is 13.3. The SMILES string of the molecule is Fc1ccc(CNCc2ccccn2)c(F)c1. The van der Waals surface area contributed by atoms with Gasteiger partial charge in [0.15, 0.2) is 0 Å². The van der Waals surface area contributed by atoms with Gasteiger partial charge in [0, 0.05) is 30.9 Å². The van der Waals surface area contributed by atoms with Crippen LogP contribution in [0.4, 0.5) is 8.78 Å². The molecule has 1 aromatic carbocycles. The van der Waals surface area contributed by atoms with Crippen LogP contribution in [-0.4, -0.2) is 4.98 Å². The lowest BCUT2D eigenvalue weighted by molar-refractivity contribution is 0.559. The molecule has 2 aromatic rings. The summed E-state index contributed by atoms with van der Waals surface area (Å²) in [5, 5.41) is 3.05. The second kappa shape index (κ2) is 5.50. The number of hydrogen-bond acceptors (Lipinski definition) is 2. The van der Waals surface area contributed by atoms with Crippen molar-refractivity contribution in [3.63, 3.8) is 0 Å². The van der Waals surface area contributed by atoms with E-state index in [2.05, 4.69) is 10.3 Å². The maximum Gasteiger partial charge on any atom is 0.130 e. The molecule has 2 nitrogen and oxygen atoms in total. The number of nitrogens with one attached hydrogen (secondary N) is 1. The first-order valence-corrected chi connectivity index (χ1v) is 5.30. The molecule has 0 saturated heterocycles. The highest BCUT2D eigenvalue weighted by atomic mass is 19.1. The van der Waals surface area contributed by atoms with Gasteiger partial charge in [-0.2, -0.15) is 0 Å². The topological polar surface area (TPSA) is 24.9 Å². The lowest BCUT2D eigenvalue weighted by Gasteiger charge is -2.05. The van der Waals surface area contributed by atoms with E-state index in [-0.39, 0.29) is 0 Å². The van der Waals surface area contributed by atoms with E-state index in [0.29, 0.717) is 18.7 Å². The van der Waals surface area contributed by atoms with E-state index in [4.69, 9.17) is 0 Å². The number of rotatable bonds is 4. The third-order valence-corrected chi connectivity index (χ3v) is 2.36. The Labute approximate surface area is 98.3 Å². The van der Waals surface area contributed by atoms with Crippen LogP contribution in [0.25, 0.3) is 0 Å². The molecule has 0 radical (unpaired) electrons. The summed E-state index contributed by atoms with van der Waals surface area (Å²) in [7, 11) is 0. The van der Waals surface area contributed by atoms with Crippen molar-refractivity contribution in [2.24, 2.45) is 0 Å². The van der Waals surface area contributed by atoms with Gasteiger partial charge in [-0.3, -0.25) is 4.98 Å². The van der Waals surface area contributed by atoms with E-state index in [9.17, 15) is 8.78 Å². The lowest BCUT2D eigenvalue weighted by atomic mass is 10.2. The van der Waals surface area contributed by atoms with Gasteiger partial charge in [0.1, 0.15) is 11.6 Å².